The van der Waals surface area contributed by atoms with Crippen LogP contribution in [0.1, 0.15) is 36.1 Å². The molecule has 0 spiro atoms. The number of nitrogens with zero attached hydrogens (tertiary/aromatic N) is 4. The summed E-state index contributed by atoms with van der Waals surface area (Å²) in [5, 5.41) is 29.4. The molecule has 0 bridgehead atoms. The molecule has 49 heavy (non-hydrogen) atoms. The van der Waals surface area contributed by atoms with E-state index in [0.717, 1.165) is 29.1 Å². The van der Waals surface area contributed by atoms with Crippen LogP contribution in [0.4, 0.5) is 5.82 Å². The summed E-state index contributed by atoms with van der Waals surface area (Å²) in [6.45, 7) is 0.351. The van der Waals surface area contributed by atoms with E-state index in [4.69, 9.17) is 37.5 Å². The van der Waals surface area contributed by atoms with Crippen molar-refractivity contribution in [2.75, 3.05) is 39.1 Å². The number of nitrogens with one attached hydrogen (secondary N) is 2. The first kappa shape index (κ1) is 37.1. The van der Waals surface area contributed by atoms with Gasteiger partial charge in [0.2, 0.25) is 5.91 Å². The van der Waals surface area contributed by atoms with Crippen molar-refractivity contribution in [2.24, 2.45) is 5.73 Å². The lowest BCUT2D eigenvalue weighted by Gasteiger charge is -2.15. The molecule has 0 radical (unpaired) electrons. The number of hydrogen-bond donors (Lipinski definition) is 4. The maximum Gasteiger partial charge on any atom is 0.325 e. The van der Waals surface area contributed by atoms with Crippen molar-refractivity contribution >= 4 is 52.4 Å². The first-order valence-corrected chi connectivity index (χ1v) is 17.5. The summed E-state index contributed by atoms with van der Waals surface area (Å²) in [7, 11) is 1.69. The molecule has 4 rings (SSSR count). The summed E-state index contributed by atoms with van der Waals surface area (Å²) >= 11 is 8.82. The Morgan fingerprint density at radius 3 is 2.41 bits per heavy atom. The monoisotopic (exact) mass is 718 g/mol. The third-order valence-corrected chi connectivity index (χ3v) is 9.39. The van der Waals surface area contributed by atoms with E-state index in [1.54, 1.807) is 31.3 Å². The van der Waals surface area contributed by atoms with E-state index in [1.807, 2.05) is 29.6 Å². The minimum Gasteiger partial charge on any atom is -0.490 e. The largest absolute Gasteiger partial charge is 0.490 e. The van der Waals surface area contributed by atoms with Crippen LogP contribution in [-0.4, -0.2) is 61.2 Å². The average Bonchev–Trinajstić information content (AvgIpc) is 3.59. The summed E-state index contributed by atoms with van der Waals surface area (Å²) < 4.78 is 10.9. The van der Waals surface area contributed by atoms with Crippen LogP contribution in [0.5, 0.6) is 5.75 Å². The fourth-order valence-corrected chi connectivity index (χ4v) is 6.64. The Balaban J connectivity index is 1.34. The Hall–Kier alpha value is -4.70. The van der Waals surface area contributed by atoms with Gasteiger partial charge in [-0.1, -0.05) is 54.0 Å². The highest BCUT2D eigenvalue weighted by Crippen LogP contribution is 2.37. The van der Waals surface area contributed by atoms with Gasteiger partial charge in [0.1, 0.15) is 59.1 Å². The number of carbonyl (C=O) groups is 2. The van der Waals surface area contributed by atoms with Crippen molar-refractivity contribution < 1.29 is 19.1 Å². The number of amides is 1. The van der Waals surface area contributed by atoms with Gasteiger partial charge in [0.25, 0.3) is 0 Å². The number of halogens is 1. The molecule has 0 saturated heterocycles. The fourth-order valence-electron chi connectivity index (χ4n) is 4.70. The molecule has 2 heterocycles. The number of likely N-dealkylation sites (N-methyl/N-ethyl adjacent to an activating group) is 1. The standard InChI is InChI=1S/C34H35ClN8O4S2/c1-40-28(4-2-3-13-36)32(45)41-18-29(44)47-15-14-46-25-11-7-21(8-12-25)30-26(16-37)31(39)43-34(27(30)17-38)49-20-24-19-48-33(42-24)22-5-9-23(35)10-6-22/h5-12,19,28,40H,2-4,13-15,18,20,36H2,1H3,(H2,39,43)(H,41,45)/t28-/m0/s1. The van der Waals surface area contributed by atoms with Crippen molar-refractivity contribution in [2.45, 2.75) is 36.1 Å². The van der Waals surface area contributed by atoms with Gasteiger partial charge in [-0.05, 0) is 56.3 Å². The summed E-state index contributed by atoms with van der Waals surface area (Å²) in [5.74, 6) is 0.0721. The third-order valence-electron chi connectivity index (χ3n) is 7.19. The molecule has 12 nitrogen and oxygen atoms in total. The Kier molecular flexibility index (Phi) is 14.2. The number of pyridine rings is 1. The molecule has 0 fully saturated rings. The first-order valence-electron chi connectivity index (χ1n) is 15.3. The molecule has 2 aromatic carbocycles. The number of benzene rings is 2. The highest BCUT2D eigenvalue weighted by molar-refractivity contribution is 7.98. The van der Waals surface area contributed by atoms with Gasteiger partial charge in [-0.3, -0.25) is 9.59 Å². The zero-order valence-corrected chi connectivity index (χ0v) is 29.1. The Morgan fingerprint density at radius 1 is 1.02 bits per heavy atom. The lowest BCUT2D eigenvalue weighted by molar-refractivity contribution is -0.144. The van der Waals surface area contributed by atoms with Crippen LogP contribution in [-0.2, 0) is 20.1 Å². The predicted octanol–water partition coefficient (Wildman–Crippen LogP) is 4.90. The SMILES string of the molecule is CN[C@@H](CCCCN)C(=O)NCC(=O)OCCOc1ccc(-c2c(C#N)c(N)nc(SCc3csc(-c4ccc(Cl)cc4)n3)c2C#N)cc1. The second-order valence-electron chi connectivity index (χ2n) is 10.5. The topological polar surface area (TPSA) is 202 Å². The van der Waals surface area contributed by atoms with E-state index < -0.39 is 12.0 Å². The number of anilines is 1. The molecule has 6 N–H and O–H groups in total. The number of nitrogen functional groups attached to an aromatic ring is 1. The number of rotatable bonds is 17. The van der Waals surface area contributed by atoms with Gasteiger partial charge in [0, 0.05) is 27.3 Å². The number of nitrogens with two attached hydrogens (primary N) is 2. The minimum atomic E-state index is -0.585. The first-order chi connectivity index (χ1) is 23.8. The number of unbranched alkanes of at least 4 members (excludes halogenated alkanes) is 1. The normalized spacial score (nSPS) is 11.3. The molecule has 0 saturated carbocycles. The quantitative estimate of drug-likeness (QED) is 0.0655. The second-order valence-corrected chi connectivity index (χ2v) is 12.8. The molecular weight excluding hydrogens is 684 g/mol. The Labute approximate surface area is 297 Å². The highest BCUT2D eigenvalue weighted by Gasteiger charge is 2.21. The molecule has 2 aromatic heterocycles. The number of thioether (sulfide) groups is 1. The van der Waals surface area contributed by atoms with E-state index >= 15 is 0 Å². The molecule has 1 atom stereocenters. The maximum absolute atomic E-state index is 12.3. The number of thiazole rings is 1. The Morgan fingerprint density at radius 2 is 1.73 bits per heavy atom. The van der Waals surface area contributed by atoms with Gasteiger partial charge >= 0.3 is 5.97 Å². The number of hydrogen-bond acceptors (Lipinski definition) is 13. The molecule has 15 heteroatoms. The van der Waals surface area contributed by atoms with Crippen LogP contribution in [0.3, 0.4) is 0 Å². The minimum absolute atomic E-state index is 0.0190. The van der Waals surface area contributed by atoms with Gasteiger partial charge in [0.15, 0.2) is 0 Å². The number of carbonyl (C=O) groups excluding carboxylic acids is 2. The maximum atomic E-state index is 12.3. The van der Waals surface area contributed by atoms with E-state index in [0.29, 0.717) is 45.6 Å². The lowest BCUT2D eigenvalue weighted by Crippen LogP contribution is -2.44. The number of nitriles is 2. The van der Waals surface area contributed by atoms with Gasteiger partial charge in [-0.25, -0.2) is 9.97 Å². The zero-order valence-electron chi connectivity index (χ0n) is 26.7. The van der Waals surface area contributed by atoms with Gasteiger partial charge < -0.3 is 31.6 Å². The van der Waals surface area contributed by atoms with Crippen molar-refractivity contribution in [1.82, 2.24) is 20.6 Å². The number of ether oxygens (including phenoxy) is 2. The molecule has 0 aliphatic rings. The van der Waals surface area contributed by atoms with Gasteiger partial charge in [-0.15, -0.1) is 11.3 Å². The molecule has 254 valence electrons. The summed E-state index contributed by atoms with van der Waals surface area (Å²) in [6.07, 6.45) is 2.24. The van der Waals surface area contributed by atoms with Crippen LogP contribution in [0.25, 0.3) is 21.7 Å². The van der Waals surface area contributed by atoms with Crippen molar-refractivity contribution in [3.63, 3.8) is 0 Å². The summed E-state index contributed by atoms with van der Waals surface area (Å²) in [6, 6.07) is 18.1. The molecule has 0 aliphatic carbocycles. The highest BCUT2D eigenvalue weighted by atomic mass is 35.5. The van der Waals surface area contributed by atoms with E-state index in [2.05, 4.69) is 27.8 Å². The van der Waals surface area contributed by atoms with Crippen LogP contribution >= 0.6 is 34.7 Å². The van der Waals surface area contributed by atoms with Crippen LogP contribution < -0.4 is 26.8 Å². The van der Waals surface area contributed by atoms with Crippen molar-refractivity contribution in [3.8, 4) is 39.6 Å². The Bertz CT molecular complexity index is 1820. The van der Waals surface area contributed by atoms with E-state index in [-0.39, 0.29) is 42.6 Å². The molecule has 0 aliphatic heterocycles. The van der Waals surface area contributed by atoms with Crippen LogP contribution in [0.15, 0.2) is 58.9 Å². The molecular formula is C34H35ClN8O4S2. The molecule has 1 amide bonds. The summed E-state index contributed by atoms with van der Waals surface area (Å²) in [4.78, 5) is 33.5. The summed E-state index contributed by atoms with van der Waals surface area (Å²) in [5.41, 5.74) is 14.8. The third kappa shape index (κ3) is 10.4. The smallest absolute Gasteiger partial charge is 0.325 e. The van der Waals surface area contributed by atoms with E-state index in [1.165, 1.54) is 23.1 Å². The number of aromatic nitrogens is 2. The van der Waals surface area contributed by atoms with Crippen LogP contribution in [0, 0.1) is 22.7 Å². The number of esters is 1. The fraction of sp³-hybridized carbons (Fsp3) is 0.294. The molecule has 4 aromatic rings. The van der Waals surface area contributed by atoms with Crippen LogP contribution in [0.2, 0.25) is 5.02 Å². The predicted molar refractivity (Wildman–Crippen MR) is 191 cm³/mol. The second kappa shape index (κ2) is 18.7. The zero-order chi connectivity index (χ0) is 35.2. The van der Waals surface area contributed by atoms with Crippen molar-refractivity contribution in [3.05, 3.63) is 75.8 Å². The van der Waals surface area contributed by atoms with Crippen molar-refractivity contribution in [1.29, 1.82) is 10.5 Å². The van der Waals surface area contributed by atoms with E-state index in [9.17, 15) is 20.1 Å². The average molecular weight is 719 g/mol. The lowest BCUT2D eigenvalue weighted by atomic mass is 9.97. The van der Waals surface area contributed by atoms with Gasteiger partial charge in [-0.2, -0.15) is 10.5 Å². The van der Waals surface area contributed by atoms with Gasteiger partial charge in [0.05, 0.1) is 17.3 Å². The molecule has 0 unspecified atom stereocenters.